The first-order valence-electron chi connectivity index (χ1n) is 9.31. The van der Waals surface area contributed by atoms with E-state index in [1.807, 2.05) is 32.0 Å². The van der Waals surface area contributed by atoms with Crippen LogP contribution in [0, 0.1) is 6.92 Å². The fraction of sp³-hybridized carbons (Fsp3) is 0.429. The van der Waals surface area contributed by atoms with Crippen LogP contribution in [0.3, 0.4) is 0 Å². The van der Waals surface area contributed by atoms with E-state index in [1.165, 1.54) is 18.4 Å². The molecular formula is C21H23ClN2O2. The Morgan fingerprint density at radius 1 is 1.23 bits per heavy atom. The summed E-state index contributed by atoms with van der Waals surface area (Å²) in [6, 6.07) is 5.96. The molecular weight excluding hydrogens is 348 g/mol. The molecule has 1 aromatic heterocycles. The van der Waals surface area contributed by atoms with E-state index in [0.717, 1.165) is 40.4 Å². The van der Waals surface area contributed by atoms with Crippen molar-refractivity contribution in [2.75, 3.05) is 11.9 Å². The van der Waals surface area contributed by atoms with Crippen LogP contribution in [-0.2, 0) is 4.74 Å². The molecule has 1 N–H and O–H groups in total. The van der Waals surface area contributed by atoms with Gasteiger partial charge < -0.3 is 10.1 Å². The second-order valence-electron chi connectivity index (χ2n) is 7.21. The molecule has 3 aliphatic rings. The van der Waals surface area contributed by atoms with Crippen molar-refractivity contribution in [2.24, 2.45) is 0 Å². The number of rotatable bonds is 4. The van der Waals surface area contributed by atoms with Gasteiger partial charge in [0, 0.05) is 10.7 Å². The first-order valence-corrected chi connectivity index (χ1v) is 9.69. The van der Waals surface area contributed by atoms with Crippen LogP contribution in [0.5, 0.6) is 0 Å². The second-order valence-corrected chi connectivity index (χ2v) is 7.61. The van der Waals surface area contributed by atoms with Gasteiger partial charge in [-0.05, 0) is 80.2 Å². The largest absolute Gasteiger partial charge is 0.461 e. The zero-order chi connectivity index (χ0) is 18.3. The highest BCUT2D eigenvalue weighted by Gasteiger charge is 2.38. The van der Waals surface area contributed by atoms with Gasteiger partial charge in [-0.2, -0.15) is 0 Å². The minimum atomic E-state index is -0.304. The van der Waals surface area contributed by atoms with Crippen LogP contribution in [0.15, 0.2) is 24.4 Å². The van der Waals surface area contributed by atoms with Gasteiger partial charge in [0.1, 0.15) is 0 Å². The molecule has 1 heterocycles. The predicted octanol–water partition coefficient (Wildman–Crippen LogP) is 5.72. The maximum atomic E-state index is 12.4. The first-order chi connectivity index (χ1) is 12.6. The number of nitrogens with zero attached hydrogens (tertiary/aromatic N) is 1. The number of esters is 1. The van der Waals surface area contributed by atoms with E-state index < -0.39 is 0 Å². The van der Waals surface area contributed by atoms with Gasteiger partial charge in [-0.25, -0.2) is 9.78 Å². The highest BCUT2D eigenvalue weighted by Crippen LogP contribution is 2.52. The van der Waals surface area contributed by atoms with Gasteiger partial charge in [0.2, 0.25) is 0 Å². The molecule has 136 valence electrons. The number of ether oxygens (including phenoxy) is 1. The maximum absolute atomic E-state index is 12.4. The lowest BCUT2D eigenvalue weighted by molar-refractivity contribution is 0.0516. The zero-order valence-corrected chi connectivity index (χ0v) is 15.9. The summed E-state index contributed by atoms with van der Waals surface area (Å²) in [7, 11) is 0. The minimum Gasteiger partial charge on any atom is -0.461 e. The third kappa shape index (κ3) is 2.96. The summed E-state index contributed by atoms with van der Waals surface area (Å²) < 4.78 is 5.25. The Kier molecular flexibility index (Phi) is 4.62. The van der Waals surface area contributed by atoms with Crippen molar-refractivity contribution in [3.05, 3.63) is 51.8 Å². The molecule has 0 radical (unpaired) electrons. The minimum absolute atomic E-state index is 0.304. The highest BCUT2D eigenvalue weighted by atomic mass is 35.5. The van der Waals surface area contributed by atoms with Crippen LogP contribution in [0.2, 0.25) is 5.02 Å². The molecule has 26 heavy (non-hydrogen) atoms. The van der Waals surface area contributed by atoms with E-state index in [4.69, 9.17) is 16.3 Å². The third-order valence-corrected chi connectivity index (χ3v) is 6.03. The molecule has 0 atom stereocenters. The molecule has 0 amide bonds. The summed E-state index contributed by atoms with van der Waals surface area (Å²) in [4.78, 5) is 16.9. The molecule has 0 aliphatic heterocycles. The average molecular weight is 371 g/mol. The van der Waals surface area contributed by atoms with Gasteiger partial charge in [-0.3, -0.25) is 0 Å². The molecule has 5 heteroatoms. The smallest absolute Gasteiger partial charge is 0.357 e. The lowest BCUT2D eigenvalue weighted by Crippen LogP contribution is -2.27. The quantitative estimate of drug-likeness (QED) is 0.699. The van der Waals surface area contributed by atoms with Crippen LogP contribution in [0.4, 0.5) is 11.4 Å². The number of anilines is 2. The number of fused-ring (bicyclic) bond motifs is 2. The molecule has 1 aromatic carbocycles. The van der Waals surface area contributed by atoms with Gasteiger partial charge in [0.25, 0.3) is 0 Å². The Hall–Kier alpha value is -2.07. The van der Waals surface area contributed by atoms with Crippen molar-refractivity contribution in [1.29, 1.82) is 0 Å². The Bertz CT molecular complexity index is 857. The molecule has 1 fully saturated rings. The van der Waals surface area contributed by atoms with Crippen LogP contribution < -0.4 is 5.32 Å². The summed E-state index contributed by atoms with van der Waals surface area (Å²) in [5, 5.41) is 4.22. The summed E-state index contributed by atoms with van der Waals surface area (Å²) >= 11 is 6.27. The molecule has 2 aromatic rings. The number of aromatic nitrogens is 1. The molecule has 0 spiro atoms. The van der Waals surface area contributed by atoms with Crippen molar-refractivity contribution in [2.45, 2.75) is 51.4 Å². The lowest BCUT2D eigenvalue weighted by atomic mass is 9.66. The molecule has 0 unspecified atom stereocenters. The summed E-state index contributed by atoms with van der Waals surface area (Å²) in [5.74, 6) is 0.584. The van der Waals surface area contributed by atoms with Crippen LogP contribution in [0.25, 0.3) is 0 Å². The number of pyridine rings is 1. The zero-order valence-electron chi connectivity index (χ0n) is 15.1. The molecule has 0 saturated heterocycles. The van der Waals surface area contributed by atoms with E-state index in [2.05, 4.69) is 10.3 Å². The standard InChI is InChI=1S/C21H23ClN2O2/c1-3-26-21(25)20-19-14-7-5-13(6-8-14)18(19)17(11-23-20)24-15-9-4-12(2)16(22)10-15/h4,9-11,13-14,24H,3,5-8H2,1-2H3. The molecule has 2 bridgehead atoms. The Labute approximate surface area is 158 Å². The molecule has 5 rings (SSSR count). The van der Waals surface area contributed by atoms with E-state index in [-0.39, 0.29) is 5.97 Å². The fourth-order valence-corrected chi connectivity index (χ4v) is 4.53. The number of carbonyl (C=O) groups excluding carboxylic acids is 1. The van der Waals surface area contributed by atoms with Crippen molar-refractivity contribution >= 4 is 28.9 Å². The number of aryl methyl sites for hydroxylation is 1. The Balaban J connectivity index is 1.78. The number of carbonyl (C=O) groups is 1. The topological polar surface area (TPSA) is 51.2 Å². The van der Waals surface area contributed by atoms with Gasteiger partial charge in [0.15, 0.2) is 5.69 Å². The van der Waals surface area contributed by atoms with Gasteiger partial charge in [0.05, 0.1) is 18.5 Å². The highest BCUT2D eigenvalue weighted by molar-refractivity contribution is 6.31. The van der Waals surface area contributed by atoms with Crippen molar-refractivity contribution in [1.82, 2.24) is 4.98 Å². The summed E-state index contributed by atoms with van der Waals surface area (Å²) in [6.07, 6.45) is 6.39. The van der Waals surface area contributed by atoms with Crippen molar-refractivity contribution in [3.8, 4) is 0 Å². The van der Waals surface area contributed by atoms with Crippen molar-refractivity contribution < 1.29 is 9.53 Å². The third-order valence-electron chi connectivity index (χ3n) is 5.62. The van der Waals surface area contributed by atoms with Gasteiger partial charge in [-0.1, -0.05) is 17.7 Å². The number of benzene rings is 1. The average Bonchev–Trinajstić information content (AvgIpc) is 2.66. The second kappa shape index (κ2) is 6.92. The van der Waals surface area contributed by atoms with Crippen molar-refractivity contribution in [3.63, 3.8) is 0 Å². The van der Waals surface area contributed by atoms with Crippen LogP contribution in [0.1, 0.15) is 71.6 Å². The van der Waals surface area contributed by atoms with E-state index >= 15 is 0 Å². The number of nitrogens with one attached hydrogen (secondary N) is 1. The number of hydrogen-bond donors (Lipinski definition) is 1. The van der Waals surface area contributed by atoms with Crippen LogP contribution in [-0.4, -0.2) is 17.6 Å². The Morgan fingerprint density at radius 3 is 2.58 bits per heavy atom. The maximum Gasteiger partial charge on any atom is 0.357 e. The summed E-state index contributed by atoms with van der Waals surface area (Å²) in [5.41, 5.74) is 5.84. The number of halogens is 1. The van der Waals surface area contributed by atoms with Gasteiger partial charge >= 0.3 is 5.97 Å². The summed E-state index contributed by atoms with van der Waals surface area (Å²) in [6.45, 7) is 4.18. The SMILES string of the molecule is CCOC(=O)c1ncc(Nc2ccc(C)c(Cl)c2)c2c1C1CCC2CC1. The predicted molar refractivity (Wildman–Crippen MR) is 104 cm³/mol. The normalized spacial score (nSPS) is 20.6. The number of hydrogen-bond acceptors (Lipinski definition) is 4. The van der Waals surface area contributed by atoms with E-state index in [1.54, 1.807) is 6.20 Å². The molecule has 4 nitrogen and oxygen atoms in total. The van der Waals surface area contributed by atoms with E-state index in [9.17, 15) is 4.79 Å². The van der Waals surface area contributed by atoms with Crippen LogP contribution >= 0.6 is 11.6 Å². The Morgan fingerprint density at radius 2 is 1.92 bits per heavy atom. The van der Waals surface area contributed by atoms with E-state index in [0.29, 0.717) is 24.1 Å². The molecule has 1 saturated carbocycles. The fourth-order valence-electron chi connectivity index (χ4n) is 4.35. The monoisotopic (exact) mass is 370 g/mol. The first kappa shape index (κ1) is 17.3. The molecule has 3 aliphatic carbocycles. The van der Waals surface area contributed by atoms with Gasteiger partial charge in [-0.15, -0.1) is 0 Å². The lowest BCUT2D eigenvalue weighted by Gasteiger charge is -2.40.